The van der Waals surface area contributed by atoms with E-state index in [0.717, 1.165) is 25.7 Å². The molecule has 0 aromatic heterocycles. The van der Waals surface area contributed by atoms with E-state index in [2.05, 4.69) is 0 Å². The fourth-order valence-electron chi connectivity index (χ4n) is 2.91. The fraction of sp³-hybridized carbons (Fsp3) is 1.00. The maximum absolute atomic E-state index is 11.9. The molecule has 0 radical (unpaired) electrons. The van der Waals surface area contributed by atoms with Crippen LogP contribution in [0.4, 0.5) is 0 Å². The minimum absolute atomic E-state index is 0.0138. The van der Waals surface area contributed by atoms with E-state index < -0.39 is 9.84 Å². The second kappa shape index (κ2) is 2.25. The summed E-state index contributed by atoms with van der Waals surface area (Å²) in [7, 11) is -2.75. The van der Waals surface area contributed by atoms with Crippen LogP contribution in [-0.2, 0) is 9.84 Å². The van der Waals surface area contributed by atoms with Gasteiger partial charge in [-0.05, 0) is 31.6 Å². The zero-order valence-electron chi connectivity index (χ0n) is 7.71. The fourth-order valence-corrected chi connectivity index (χ4v) is 5.89. The number of fused-ring (bicyclic) bond motifs is 2. The molecule has 70 valence electrons. The van der Waals surface area contributed by atoms with Crippen LogP contribution in [0.3, 0.4) is 0 Å². The van der Waals surface area contributed by atoms with Gasteiger partial charge in [0.2, 0.25) is 0 Å². The normalized spacial score (nSPS) is 44.1. The molecule has 2 fully saturated rings. The molecule has 2 aliphatic heterocycles. The Labute approximate surface area is 74.3 Å². The van der Waals surface area contributed by atoms with E-state index in [1.165, 1.54) is 0 Å². The van der Waals surface area contributed by atoms with E-state index in [0.29, 0.717) is 5.92 Å². The zero-order chi connectivity index (χ0) is 8.98. The van der Waals surface area contributed by atoms with Gasteiger partial charge in [0, 0.05) is 0 Å². The molecule has 0 atom stereocenters. The highest BCUT2D eigenvalue weighted by molar-refractivity contribution is 7.94. The van der Waals surface area contributed by atoms with Gasteiger partial charge in [-0.3, -0.25) is 0 Å². The molecule has 0 N–H and O–H groups in total. The largest absolute Gasteiger partial charge is 0.228 e. The highest BCUT2D eigenvalue weighted by Gasteiger charge is 2.59. The quantitative estimate of drug-likeness (QED) is 0.628. The van der Waals surface area contributed by atoms with Gasteiger partial charge >= 0.3 is 0 Å². The summed E-state index contributed by atoms with van der Waals surface area (Å²) in [6.45, 7) is 4.09. The summed E-state index contributed by atoms with van der Waals surface area (Å²) >= 11 is 0. The van der Waals surface area contributed by atoms with Gasteiger partial charge in [0.05, 0.1) is 10.00 Å². The molecule has 0 saturated carbocycles. The van der Waals surface area contributed by atoms with Crippen LogP contribution < -0.4 is 0 Å². The van der Waals surface area contributed by atoms with Crippen LogP contribution >= 0.6 is 0 Å². The lowest BCUT2D eigenvalue weighted by molar-refractivity contribution is 0.352. The lowest BCUT2D eigenvalue weighted by atomic mass is 9.81. The molecule has 2 saturated heterocycles. The van der Waals surface area contributed by atoms with Crippen molar-refractivity contribution in [2.24, 2.45) is 5.92 Å². The molecule has 0 spiro atoms. The van der Waals surface area contributed by atoms with Gasteiger partial charge in [-0.1, -0.05) is 13.8 Å². The molecule has 2 nitrogen and oxygen atoms in total. The van der Waals surface area contributed by atoms with Crippen molar-refractivity contribution >= 4 is 9.84 Å². The average molecular weight is 188 g/mol. The summed E-state index contributed by atoms with van der Waals surface area (Å²) in [6.07, 6.45) is 3.66. The first kappa shape index (κ1) is 8.54. The second-order valence-corrected chi connectivity index (χ2v) is 7.03. The molecular formula is C9H16O2S. The molecule has 0 unspecified atom stereocenters. The van der Waals surface area contributed by atoms with Crippen LogP contribution in [0.5, 0.6) is 0 Å². The standard InChI is InChI=1S/C9H16O2S/c1-7(2)9-5-3-8(4-6-9)12(9,10)11/h7-8H,3-6H2,1-2H3. The first-order valence-corrected chi connectivity index (χ1v) is 6.29. The van der Waals surface area contributed by atoms with Gasteiger partial charge in [0.15, 0.2) is 9.84 Å². The highest BCUT2D eigenvalue weighted by atomic mass is 32.2. The van der Waals surface area contributed by atoms with Gasteiger partial charge < -0.3 is 0 Å². The third-order valence-corrected chi connectivity index (χ3v) is 7.20. The summed E-state index contributed by atoms with van der Waals surface area (Å²) in [4.78, 5) is 0. The van der Waals surface area contributed by atoms with Crippen LogP contribution in [0.1, 0.15) is 39.5 Å². The highest BCUT2D eigenvalue weighted by Crippen LogP contribution is 2.52. The van der Waals surface area contributed by atoms with Crippen molar-refractivity contribution in [1.82, 2.24) is 0 Å². The maximum Gasteiger partial charge on any atom is 0.159 e. The van der Waals surface area contributed by atoms with E-state index in [4.69, 9.17) is 0 Å². The Morgan fingerprint density at radius 2 is 1.75 bits per heavy atom. The smallest absolute Gasteiger partial charge is 0.159 e. The van der Waals surface area contributed by atoms with Crippen LogP contribution in [0, 0.1) is 5.92 Å². The Kier molecular flexibility index (Phi) is 1.60. The number of hydrogen-bond donors (Lipinski definition) is 0. The zero-order valence-corrected chi connectivity index (χ0v) is 8.52. The van der Waals surface area contributed by atoms with Gasteiger partial charge in [-0.15, -0.1) is 0 Å². The van der Waals surface area contributed by atoms with Gasteiger partial charge in [-0.25, -0.2) is 8.42 Å². The predicted octanol–water partition coefficient (Wildman–Crippen LogP) is 1.75. The van der Waals surface area contributed by atoms with Crippen LogP contribution in [0.2, 0.25) is 0 Å². The van der Waals surface area contributed by atoms with Crippen LogP contribution in [-0.4, -0.2) is 18.4 Å². The van der Waals surface area contributed by atoms with E-state index in [9.17, 15) is 8.42 Å². The van der Waals surface area contributed by atoms with E-state index >= 15 is 0 Å². The molecule has 0 amide bonds. The minimum Gasteiger partial charge on any atom is -0.228 e. The molecule has 2 rings (SSSR count). The van der Waals surface area contributed by atoms with E-state index in [1.54, 1.807) is 0 Å². The van der Waals surface area contributed by atoms with Gasteiger partial charge in [0.1, 0.15) is 0 Å². The molecule has 12 heavy (non-hydrogen) atoms. The molecule has 0 aliphatic carbocycles. The Bertz CT molecular complexity index is 282. The lowest BCUT2D eigenvalue weighted by Crippen LogP contribution is -2.36. The SMILES string of the molecule is CC(C)C12CCC(CC1)S2(=O)=O. The third-order valence-electron chi connectivity index (χ3n) is 3.84. The van der Waals surface area contributed by atoms with E-state index in [-0.39, 0.29) is 10.00 Å². The lowest BCUT2D eigenvalue weighted by Gasteiger charge is -2.28. The molecular weight excluding hydrogens is 172 g/mol. The summed E-state index contributed by atoms with van der Waals surface area (Å²) in [5.74, 6) is 0.301. The third kappa shape index (κ3) is 0.734. The Hall–Kier alpha value is -0.0500. The summed E-state index contributed by atoms with van der Waals surface area (Å²) in [5.41, 5.74) is 0. The predicted molar refractivity (Wildman–Crippen MR) is 48.7 cm³/mol. The molecule has 2 heterocycles. The van der Waals surface area contributed by atoms with Gasteiger partial charge in [-0.2, -0.15) is 0 Å². The Morgan fingerprint density at radius 1 is 1.25 bits per heavy atom. The molecule has 0 aromatic carbocycles. The van der Waals surface area contributed by atoms with Crippen molar-refractivity contribution in [2.45, 2.75) is 49.5 Å². The van der Waals surface area contributed by atoms with Crippen molar-refractivity contribution < 1.29 is 8.42 Å². The van der Waals surface area contributed by atoms with Crippen molar-refractivity contribution in [1.29, 1.82) is 0 Å². The van der Waals surface area contributed by atoms with Crippen LogP contribution in [0.25, 0.3) is 0 Å². The number of rotatable bonds is 1. The number of sulfone groups is 1. The maximum atomic E-state index is 11.9. The van der Waals surface area contributed by atoms with Crippen molar-refractivity contribution in [3.05, 3.63) is 0 Å². The first-order chi connectivity index (χ1) is 5.51. The average Bonchev–Trinajstić information content (AvgIpc) is 2.40. The van der Waals surface area contributed by atoms with Crippen LogP contribution in [0.15, 0.2) is 0 Å². The van der Waals surface area contributed by atoms with Crippen molar-refractivity contribution in [3.8, 4) is 0 Å². The number of hydrogen-bond acceptors (Lipinski definition) is 2. The monoisotopic (exact) mass is 188 g/mol. The Balaban J connectivity index is 2.51. The van der Waals surface area contributed by atoms with Crippen molar-refractivity contribution in [3.63, 3.8) is 0 Å². The van der Waals surface area contributed by atoms with Gasteiger partial charge in [0.25, 0.3) is 0 Å². The molecule has 0 aromatic rings. The van der Waals surface area contributed by atoms with E-state index in [1.807, 2.05) is 13.8 Å². The second-order valence-electron chi connectivity index (χ2n) is 4.46. The summed E-state index contributed by atoms with van der Waals surface area (Å²) in [5, 5.41) is 0.0138. The first-order valence-electron chi connectivity index (χ1n) is 4.74. The summed E-state index contributed by atoms with van der Waals surface area (Å²) in [6, 6.07) is 0. The minimum atomic E-state index is -2.75. The topological polar surface area (TPSA) is 34.1 Å². The molecule has 2 bridgehead atoms. The van der Waals surface area contributed by atoms with Crippen molar-refractivity contribution in [2.75, 3.05) is 0 Å². The molecule has 3 heteroatoms. The summed E-state index contributed by atoms with van der Waals surface area (Å²) < 4.78 is 23.5. The molecule has 2 aliphatic rings. The Morgan fingerprint density at radius 3 is 1.92 bits per heavy atom.